The molecule has 0 radical (unpaired) electrons. The Labute approximate surface area is 148 Å². The van der Waals surface area contributed by atoms with Crippen molar-refractivity contribution in [1.82, 2.24) is 24.9 Å². The summed E-state index contributed by atoms with van der Waals surface area (Å²) in [7, 11) is 3.60. The fourth-order valence-corrected chi connectivity index (χ4v) is 2.95. The quantitative estimate of drug-likeness (QED) is 0.719. The van der Waals surface area contributed by atoms with E-state index in [9.17, 15) is 0 Å². The van der Waals surface area contributed by atoms with Gasteiger partial charge in [-0.25, -0.2) is 9.36 Å². The zero-order chi connectivity index (χ0) is 17.8. The smallest absolute Gasteiger partial charge is 0.216 e. The molecule has 0 amide bonds. The number of aryl methyl sites for hydroxylation is 1. The molecular weight excluding hydrogens is 314 g/mol. The number of hydrogen-bond acceptors (Lipinski definition) is 4. The van der Waals surface area contributed by atoms with Gasteiger partial charge in [0.25, 0.3) is 0 Å². The highest BCUT2D eigenvalue weighted by Gasteiger charge is 2.18. The van der Waals surface area contributed by atoms with Crippen LogP contribution in [0.25, 0.3) is 5.69 Å². The maximum Gasteiger partial charge on any atom is 0.216 e. The second-order valence-electron chi connectivity index (χ2n) is 6.34. The van der Waals surface area contributed by atoms with Gasteiger partial charge in [0.05, 0.1) is 29.7 Å². The van der Waals surface area contributed by atoms with Crippen molar-refractivity contribution in [1.29, 1.82) is 0 Å². The van der Waals surface area contributed by atoms with E-state index in [0.717, 1.165) is 28.5 Å². The van der Waals surface area contributed by atoms with E-state index in [4.69, 9.17) is 4.74 Å². The van der Waals surface area contributed by atoms with Crippen LogP contribution in [0.3, 0.4) is 0 Å². The third-order valence-corrected chi connectivity index (χ3v) is 4.13. The van der Waals surface area contributed by atoms with Gasteiger partial charge in [-0.2, -0.15) is 10.2 Å². The summed E-state index contributed by atoms with van der Waals surface area (Å²) in [6, 6.07) is 12.1. The molecule has 0 aliphatic carbocycles. The molecule has 2 heterocycles. The van der Waals surface area contributed by atoms with E-state index in [0.29, 0.717) is 19.0 Å². The first kappa shape index (κ1) is 17.2. The number of nitrogens with zero attached hydrogens (tertiary/aromatic N) is 4. The number of benzene rings is 1. The number of aromatic nitrogens is 4. The molecule has 132 valence electrons. The van der Waals surface area contributed by atoms with Crippen molar-refractivity contribution in [3.8, 4) is 11.6 Å². The largest absolute Gasteiger partial charge is 0.481 e. The van der Waals surface area contributed by atoms with Gasteiger partial charge in [0.15, 0.2) is 0 Å². The van der Waals surface area contributed by atoms with Crippen molar-refractivity contribution < 1.29 is 4.74 Å². The van der Waals surface area contributed by atoms with E-state index in [1.54, 1.807) is 11.8 Å². The molecule has 0 aliphatic heterocycles. The molecule has 6 nitrogen and oxygen atoms in total. The van der Waals surface area contributed by atoms with Gasteiger partial charge in [0.1, 0.15) is 0 Å². The second kappa shape index (κ2) is 7.53. The summed E-state index contributed by atoms with van der Waals surface area (Å²) >= 11 is 0. The van der Waals surface area contributed by atoms with E-state index in [1.165, 1.54) is 0 Å². The van der Waals surface area contributed by atoms with Crippen molar-refractivity contribution in [2.24, 2.45) is 7.05 Å². The molecular formula is C19H25N5O. The van der Waals surface area contributed by atoms with Gasteiger partial charge in [-0.15, -0.1) is 0 Å². The highest BCUT2D eigenvalue weighted by atomic mass is 16.5. The highest BCUT2D eigenvalue weighted by Crippen LogP contribution is 2.26. The lowest BCUT2D eigenvalue weighted by Gasteiger charge is -2.08. The van der Waals surface area contributed by atoms with E-state index in [-0.39, 0.29) is 0 Å². The number of para-hydroxylation sites is 1. The van der Waals surface area contributed by atoms with Crippen molar-refractivity contribution in [2.45, 2.75) is 32.9 Å². The summed E-state index contributed by atoms with van der Waals surface area (Å²) < 4.78 is 9.20. The first-order valence-electron chi connectivity index (χ1n) is 8.50. The van der Waals surface area contributed by atoms with Crippen molar-refractivity contribution in [3.05, 3.63) is 59.5 Å². The predicted octanol–water partition coefficient (Wildman–Crippen LogP) is 3.03. The standard InChI is InChI=1S/C19H25N5O/c1-14(2)18-17(19(25-4)23(3)22-18)13-20-12-15-10-11-24(21-15)16-8-6-5-7-9-16/h5-11,14,20H,12-13H2,1-4H3. The average molecular weight is 339 g/mol. The van der Waals surface area contributed by atoms with Crippen molar-refractivity contribution >= 4 is 0 Å². The molecule has 0 unspecified atom stereocenters. The zero-order valence-corrected chi connectivity index (χ0v) is 15.2. The molecule has 0 aliphatic rings. The molecule has 0 saturated carbocycles. The van der Waals surface area contributed by atoms with Gasteiger partial charge in [-0.1, -0.05) is 32.0 Å². The van der Waals surface area contributed by atoms with Gasteiger partial charge in [-0.05, 0) is 24.1 Å². The Kier molecular flexibility index (Phi) is 5.19. The highest BCUT2D eigenvalue weighted by molar-refractivity contribution is 5.33. The fraction of sp³-hybridized carbons (Fsp3) is 0.368. The van der Waals surface area contributed by atoms with Crippen LogP contribution in [-0.4, -0.2) is 26.7 Å². The van der Waals surface area contributed by atoms with Gasteiger partial charge in [0.2, 0.25) is 5.88 Å². The summed E-state index contributed by atoms with van der Waals surface area (Å²) in [5.74, 6) is 1.16. The minimum atomic E-state index is 0.351. The Morgan fingerprint density at radius 2 is 1.84 bits per heavy atom. The third-order valence-electron chi connectivity index (χ3n) is 4.13. The van der Waals surface area contributed by atoms with Crippen LogP contribution in [0, 0.1) is 0 Å². The Morgan fingerprint density at radius 3 is 2.52 bits per heavy atom. The van der Waals surface area contributed by atoms with Gasteiger partial charge in [-0.3, -0.25) is 0 Å². The minimum absolute atomic E-state index is 0.351. The van der Waals surface area contributed by atoms with Crippen LogP contribution in [0.1, 0.15) is 36.7 Å². The van der Waals surface area contributed by atoms with Gasteiger partial charge in [0, 0.05) is 26.3 Å². The summed E-state index contributed by atoms with van der Waals surface area (Å²) in [5, 5.41) is 12.7. The number of ether oxygens (including phenoxy) is 1. The first-order valence-corrected chi connectivity index (χ1v) is 8.50. The first-order chi connectivity index (χ1) is 12.1. The molecule has 25 heavy (non-hydrogen) atoms. The fourth-order valence-electron chi connectivity index (χ4n) is 2.95. The maximum atomic E-state index is 5.51. The van der Waals surface area contributed by atoms with Crippen molar-refractivity contribution in [2.75, 3.05) is 7.11 Å². The Hall–Kier alpha value is -2.60. The number of rotatable bonds is 7. The summed E-state index contributed by atoms with van der Waals surface area (Å²) in [6.07, 6.45) is 1.98. The van der Waals surface area contributed by atoms with Crippen LogP contribution in [0.4, 0.5) is 0 Å². The van der Waals surface area contributed by atoms with Crippen LogP contribution < -0.4 is 10.1 Å². The lowest BCUT2D eigenvalue weighted by Crippen LogP contribution is -2.15. The maximum absolute atomic E-state index is 5.51. The molecule has 0 saturated heterocycles. The molecule has 0 spiro atoms. The van der Waals surface area contributed by atoms with Crippen LogP contribution in [0.5, 0.6) is 5.88 Å². The second-order valence-corrected chi connectivity index (χ2v) is 6.34. The zero-order valence-electron chi connectivity index (χ0n) is 15.2. The molecule has 0 bridgehead atoms. The molecule has 1 N–H and O–H groups in total. The Bertz CT molecular complexity index is 820. The van der Waals surface area contributed by atoms with Crippen LogP contribution >= 0.6 is 0 Å². The van der Waals surface area contributed by atoms with Crippen LogP contribution in [0.2, 0.25) is 0 Å². The van der Waals surface area contributed by atoms with Gasteiger partial charge < -0.3 is 10.1 Å². The lowest BCUT2D eigenvalue weighted by atomic mass is 10.1. The average Bonchev–Trinajstić information content (AvgIpc) is 3.20. The number of methoxy groups -OCH3 is 1. The Balaban J connectivity index is 1.67. The third kappa shape index (κ3) is 3.74. The monoisotopic (exact) mass is 339 g/mol. The van der Waals surface area contributed by atoms with Crippen LogP contribution in [-0.2, 0) is 20.1 Å². The molecule has 3 aromatic rings. The molecule has 0 fully saturated rings. The summed E-state index contributed by atoms with van der Waals surface area (Å²) in [5.41, 5.74) is 4.24. The van der Waals surface area contributed by atoms with Gasteiger partial charge >= 0.3 is 0 Å². The molecule has 3 rings (SSSR count). The van der Waals surface area contributed by atoms with E-state index in [2.05, 4.69) is 29.4 Å². The minimum Gasteiger partial charge on any atom is -0.481 e. The summed E-state index contributed by atoms with van der Waals surface area (Å²) in [6.45, 7) is 5.68. The van der Waals surface area contributed by atoms with Crippen molar-refractivity contribution in [3.63, 3.8) is 0 Å². The number of hydrogen-bond donors (Lipinski definition) is 1. The predicted molar refractivity (Wildman–Crippen MR) is 98.0 cm³/mol. The molecule has 0 atom stereocenters. The van der Waals surface area contributed by atoms with E-state index in [1.807, 2.05) is 54.3 Å². The molecule has 6 heteroatoms. The molecule has 2 aromatic heterocycles. The molecule has 1 aromatic carbocycles. The van der Waals surface area contributed by atoms with E-state index < -0.39 is 0 Å². The Morgan fingerprint density at radius 1 is 1.08 bits per heavy atom. The normalized spacial score (nSPS) is 11.2. The van der Waals surface area contributed by atoms with E-state index >= 15 is 0 Å². The lowest BCUT2D eigenvalue weighted by molar-refractivity contribution is 0.368. The van der Waals surface area contributed by atoms with Crippen LogP contribution in [0.15, 0.2) is 42.6 Å². The summed E-state index contributed by atoms with van der Waals surface area (Å²) in [4.78, 5) is 0. The number of nitrogens with one attached hydrogen (secondary N) is 1. The SMILES string of the molecule is COc1c(CNCc2ccn(-c3ccccc3)n2)c(C(C)C)nn1C. The topological polar surface area (TPSA) is 56.9 Å².